The summed E-state index contributed by atoms with van der Waals surface area (Å²) in [5.41, 5.74) is 0. The molecule has 1 N–H and O–H groups in total. The predicted molar refractivity (Wildman–Crippen MR) is 41.4 cm³/mol. The van der Waals surface area contributed by atoms with Gasteiger partial charge in [-0.1, -0.05) is 0 Å². The standard InChI is InChI=1S/C8H15NO2.W/c10-8-1-3-9(4-2-8)7-5-11-6-7;/h7-8,10H,1-6H2;. The predicted octanol–water partition coefficient (Wildman–Crippen LogP) is -0.161. The van der Waals surface area contributed by atoms with Crippen LogP contribution >= 0.6 is 0 Å². The average molecular weight is 341 g/mol. The fourth-order valence-electron chi connectivity index (χ4n) is 1.69. The van der Waals surface area contributed by atoms with Gasteiger partial charge in [0, 0.05) is 34.2 Å². The van der Waals surface area contributed by atoms with Crippen LogP contribution in [-0.2, 0) is 25.8 Å². The zero-order chi connectivity index (χ0) is 7.68. The van der Waals surface area contributed by atoms with Gasteiger partial charge < -0.3 is 9.84 Å². The first-order chi connectivity index (χ1) is 5.36. The van der Waals surface area contributed by atoms with E-state index in [1.54, 1.807) is 0 Å². The van der Waals surface area contributed by atoms with Gasteiger partial charge in [0.15, 0.2) is 0 Å². The van der Waals surface area contributed by atoms with E-state index in [-0.39, 0.29) is 27.2 Å². The number of ether oxygens (including phenoxy) is 1. The van der Waals surface area contributed by atoms with Gasteiger partial charge in [0.1, 0.15) is 0 Å². The maximum absolute atomic E-state index is 9.24. The van der Waals surface area contributed by atoms with E-state index < -0.39 is 0 Å². The van der Waals surface area contributed by atoms with E-state index in [4.69, 9.17) is 4.74 Å². The van der Waals surface area contributed by atoms with Crippen molar-refractivity contribution in [3.8, 4) is 0 Å². The maximum atomic E-state index is 9.24. The average Bonchev–Trinajstić information content (AvgIpc) is 1.90. The van der Waals surface area contributed by atoms with E-state index >= 15 is 0 Å². The number of rotatable bonds is 1. The number of piperidine rings is 1. The molecule has 0 aliphatic carbocycles. The van der Waals surface area contributed by atoms with Crippen LogP contribution in [-0.4, -0.2) is 48.5 Å². The second-order valence-corrected chi connectivity index (χ2v) is 3.46. The molecule has 3 nitrogen and oxygen atoms in total. The summed E-state index contributed by atoms with van der Waals surface area (Å²) in [5, 5.41) is 9.24. The molecule has 2 saturated heterocycles. The molecule has 0 aromatic carbocycles. The molecule has 12 heavy (non-hydrogen) atoms. The molecule has 2 rings (SSSR count). The Bertz CT molecular complexity index is 133. The molecule has 2 aliphatic heterocycles. The third kappa shape index (κ3) is 2.29. The van der Waals surface area contributed by atoms with Crippen molar-refractivity contribution in [3.63, 3.8) is 0 Å². The van der Waals surface area contributed by atoms with E-state index in [0.29, 0.717) is 6.04 Å². The zero-order valence-corrected chi connectivity index (χ0v) is 10.0. The van der Waals surface area contributed by atoms with Crippen LogP contribution in [0.1, 0.15) is 12.8 Å². The van der Waals surface area contributed by atoms with Gasteiger partial charge in [-0.25, -0.2) is 0 Å². The summed E-state index contributed by atoms with van der Waals surface area (Å²) < 4.78 is 5.11. The summed E-state index contributed by atoms with van der Waals surface area (Å²) in [6.45, 7) is 3.90. The van der Waals surface area contributed by atoms with E-state index in [2.05, 4.69) is 4.90 Å². The molecule has 0 aromatic rings. The Morgan fingerprint density at radius 1 is 1.17 bits per heavy atom. The van der Waals surface area contributed by atoms with Crippen LogP contribution in [0.5, 0.6) is 0 Å². The molecule has 2 fully saturated rings. The molecule has 0 unspecified atom stereocenters. The minimum absolute atomic E-state index is 0. The van der Waals surface area contributed by atoms with Crippen molar-refractivity contribution in [3.05, 3.63) is 0 Å². The molecule has 0 radical (unpaired) electrons. The van der Waals surface area contributed by atoms with E-state index in [0.717, 1.165) is 39.1 Å². The summed E-state index contributed by atoms with van der Waals surface area (Å²) in [7, 11) is 0. The molecule has 0 atom stereocenters. The van der Waals surface area contributed by atoms with Crippen molar-refractivity contribution in [2.24, 2.45) is 0 Å². The Kier molecular flexibility index (Phi) is 4.18. The smallest absolute Gasteiger partial charge is 0.0645 e. The third-order valence-electron chi connectivity index (χ3n) is 2.64. The van der Waals surface area contributed by atoms with Crippen molar-refractivity contribution in [1.29, 1.82) is 0 Å². The fourth-order valence-corrected chi connectivity index (χ4v) is 1.69. The van der Waals surface area contributed by atoms with E-state index in [1.165, 1.54) is 0 Å². The molecule has 70 valence electrons. The van der Waals surface area contributed by atoms with Crippen molar-refractivity contribution < 1.29 is 30.9 Å². The minimum Gasteiger partial charge on any atom is -0.393 e. The van der Waals surface area contributed by atoms with Crippen LogP contribution in [0.15, 0.2) is 0 Å². The normalized spacial score (nSPS) is 27.8. The molecule has 0 saturated carbocycles. The van der Waals surface area contributed by atoms with Gasteiger partial charge in [-0.2, -0.15) is 0 Å². The summed E-state index contributed by atoms with van der Waals surface area (Å²) in [6.07, 6.45) is 1.83. The van der Waals surface area contributed by atoms with Crippen molar-refractivity contribution in [2.45, 2.75) is 25.0 Å². The maximum Gasteiger partial charge on any atom is 0.0645 e. The Labute approximate surface area is 87.3 Å². The van der Waals surface area contributed by atoms with Crippen LogP contribution in [0.3, 0.4) is 0 Å². The quantitative estimate of drug-likeness (QED) is 0.720. The summed E-state index contributed by atoms with van der Waals surface area (Å²) >= 11 is 0. The molecule has 2 heterocycles. The number of likely N-dealkylation sites (tertiary alicyclic amines) is 1. The van der Waals surface area contributed by atoms with Gasteiger partial charge >= 0.3 is 0 Å². The first kappa shape index (κ1) is 10.6. The van der Waals surface area contributed by atoms with Crippen LogP contribution in [0.25, 0.3) is 0 Å². The second-order valence-electron chi connectivity index (χ2n) is 3.46. The van der Waals surface area contributed by atoms with Gasteiger partial charge in [-0.3, -0.25) is 4.90 Å². The first-order valence-corrected chi connectivity index (χ1v) is 4.36. The Morgan fingerprint density at radius 3 is 2.17 bits per heavy atom. The largest absolute Gasteiger partial charge is 0.393 e. The molecule has 2 aliphatic rings. The molecular weight excluding hydrogens is 326 g/mol. The van der Waals surface area contributed by atoms with Crippen LogP contribution < -0.4 is 0 Å². The molecular formula is C8H15NO2W. The number of hydrogen-bond donors (Lipinski definition) is 1. The SMILES string of the molecule is OC1CCN(C2COC2)CC1.[W]. The molecule has 0 aromatic heterocycles. The molecule has 0 bridgehead atoms. The third-order valence-corrected chi connectivity index (χ3v) is 2.64. The van der Waals surface area contributed by atoms with Crippen molar-refractivity contribution in [1.82, 2.24) is 4.90 Å². The zero-order valence-electron chi connectivity index (χ0n) is 7.11. The van der Waals surface area contributed by atoms with Crippen molar-refractivity contribution in [2.75, 3.05) is 26.3 Å². The summed E-state index contributed by atoms with van der Waals surface area (Å²) in [6, 6.07) is 0.655. The van der Waals surface area contributed by atoms with Crippen molar-refractivity contribution >= 4 is 0 Å². The Balaban J connectivity index is 0.000000720. The number of aliphatic hydroxyl groups is 1. The number of nitrogens with zero attached hydrogens (tertiary/aromatic N) is 1. The minimum atomic E-state index is -0.0488. The number of hydrogen-bond acceptors (Lipinski definition) is 3. The fraction of sp³-hybridized carbons (Fsp3) is 1.00. The topological polar surface area (TPSA) is 32.7 Å². The first-order valence-electron chi connectivity index (χ1n) is 4.36. The van der Waals surface area contributed by atoms with Gasteiger partial charge in [0.05, 0.1) is 25.4 Å². The van der Waals surface area contributed by atoms with Gasteiger partial charge in [0.25, 0.3) is 0 Å². The Morgan fingerprint density at radius 2 is 1.75 bits per heavy atom. The van der Waals surface area contributed by atoms with Gasteiger partial charge in [-0.05, 0) is 12.8 Å². The number of aliphatic hydroxyl groups excluding tert-OH is 1. The van der Waals surface area contributed by atoms with E-state index in [1.807, 2.05) is 0 Å². The molecule has 0 amide bonds. The monoisotopic (exact) mass is 341 g/mol. The van der Waals surface area contributed by atoms with E-state index in [9.17, 15) is 5.11 Å². The summed E-state index contributed by atoms with van der Waals surface area (Å²) in [4.78, 5) is 2.43. The van der Waals surface area contributed by atoms with Gasteiger partial charge in [0.2, 0.25) is 0 Å². The van der Waals surface area contributed by atoms with Crippen LogP contribution in [0.4, 0.5) is 0 Å². The Hall–Kier alpha value is 0.568. The van der Waals surface area contributed by atoms with Crippen LogP contribution in [0, 0.1) is 0 Å². The molecule has 0 spiro atoms. The summed E-state index contributed by atoms with van der Waals surface area (Å²) in [5.74, 6) is 0. The molecule has 4 heteroatoms. The second kappa shape index (κ2) is 4.71. The van der Waals surface area contributed by atoms with Gasteiger partial charge in [-0.15, -0.1) is 0 Å². The van der Waals surface area contributed by atoms with Crippen LogP contribution in [0.2, 0.25) is 0 Å².